The lowest BCUT2D eigenvalue weighted by molar-refractivity contribution is -0.274. The molecule has 0 heterocycles. The van der Waals surface area contributed by atoms with Crippen LogP contribution < -0.4 is 4.74 Å². The molecule has 1 N–H and O–H groups in total. The van der Waals surface area contributed by atoms with Gasteiger partial charge < -0.3 is 9.84 Å². The van der Waals surface area contributed by atoms with Crippen LogP contribution in [0.4, 0.5) is 13.2 Å². The van der Waals surface area contributed by atoms with Crippen molar-refractivity contribution in [2.75, 3.05) is 0 Å². The molecule has 2 atom stereocenters. The Hall–Kier alpha value is -1.56. The van der Waals surface area contributed by atoms with Crippen molar-refractivity contribution in [2.45, 2.75) is 37.6 Å². The normalized spacial score (nSPS) is 26.1. The number of rotatable bonds is 4. The monoisotopic (exact) mass is 274 g/mol. The zero-order chi connectivity index (χ0) is 14.3. The van der Waals surface area contributed by atoms with Gasteiger partial charge in [0.1, 0.15) is 11.5 Å². The number of aliphatic hydroxyl groups excluding tert-OH is 1. The predicted octanol–water partition coefficient (Wildman–Crippen LogP) is 2.57. The van der Waals surface area contributed by atoms with Crippen molar-refractivity contribution in [1.82, 2.24) is 0 Å². The first-order valence-electron chi connectivity index (χ1n) is 5.87. The lowest BCUT2D eigenvalue weighted by Gasteiger charge is -2.15. The summed E-state index contributed by atoms with van der Waals surface area (Å²) < 4.78 is 39.8. The molecule has 6 heteroatoms. The first-order chi connectivity index (χ1) is 8.79. The number of ketones is 1. The highest BCUT2D eigenvalue weighted by Gasteiger charge is 2.59. The molecule has 1 aliphatic carbocycles. The number of aliphatic hydroxyl groups is 1. The Morgan fingerprint density at radius 3 is 2.32 bits per heavy atom. The minimum atomic E-state index is -4.74. The van der Waals surface area contributed by atoms with Gasteiger partial charge in [-0.3, -0.25) is 4.79 Å². The van der Waals surface area contributed by atoms with Crippen molar-refractivity contribution in [2.24, 2.45) is 0 Å². The van der Waals surface area contributed by atoms with Crippen molar-refractivity contribution in [3.05, 3.63) is 29.8 Å². The zero-order valence-electron chi connectivity index (χ0n) is 10.2. The third-order valence-electron chi connectivity index (χ3n) is 3.35. The van der Waals surface area contributed by atoms with E-state index in [1.807, 2.05) is 0 Å². The Labute approximate surface area is 108 Å². The van der Waals surface area contributed by atoms with Crippen molar-refractivity contribution < 1.29 is 27.8 Å². The minimum Gasteiger partial charge on any atom is -0.406 e. The predicted molar refractivity (Wildman–Crippen MR) is 60.7 cm³/mol. The molecule has 0 spiro atoms. The first-order valence-corrected chi connectivity index (χ1v) is 5.87. The average molecular weight is 274 g/mol. The smallest absolute Gasteiger partial charge is 0.406 e. The highest BCUT2D eigenvalue weighted by Crippen LogP contribution is 2.50. The molecule has 3 nitrogen and oxygen atoms in total. The summed E-state index contributed by atoms with van der Waals surface area (Å²) in [5, 5.41) is 9.66. The lowest BCUT2D eigenvalue weighted by atomic mass is 9.89. The highest BCUT2D eigenvalue weighted by molar-refractivity contribution is 5.94. The first kappa shape index (κ1) is 13.9. The van der Waals surface area contributed by atoms with Crippen LogP contribution in [0.3, 0.4) is 0 Å². The summed E-state index contributed by atoms with van der Waals surface area (Å²) in [4.78, 5) is 11.8. The van der Waals surface area contributed by atoms with Crippen molar-refractivity contribution in [1.29, 1.82) is 0 Å². The number of ether oxygens (including phenoxy) is 1. The molecular formula is C13H13F3O3. The summed E-state index contributed by atoms with van der Waals surface area (Å²) in [6.07, 6.45) is -4.90. The van der Waals surface area contributed by atoms with Gasteiger partial charge in [-0.25, -0.2) is 0 Å². The second kappa shape index (κ2) is 4.52. The van der Waals surface area contributed by atoms with Gasteiger partial charge >= 0.3 is 6.36 Å². The maximum Gasteiger partial charge on any atom is 0.573 e. The van der Waals surface area contributed by atoms with Crippen LogP contribution in [0.5, 0.6) is 5.75 Å². The molecule has 2 unspecified atom stereocenters. The van der Waals surface area contributed by atoms with Crippen LogP contribution in [0.25, 0.3) is 0 Å². The van der Waals surface area contributed by atoms with Gasteiger partial charge in [-0.05, 0) is 24.1 Å². The van der Waals surface area contributed by atoms with Gasteiger partial charge in [-0.1, -0.05) is 19.1 Å². The summed E-state index contributed by atoms with van der Waals surface area (Å²) in [5.74, 6) is -0.449. The van der Waals surface area contributed by atoms with Gasteiger partial charge in [0, 0.05) is 6.42 Å². The van der Waals surface area contributed by atoms with E-state index in [-0.39, 0.29) is 18.0 Å². The highest BCUT2D eigenvalue weighted by atomic mass is 19.4. The number of hydrogen-bond acceptors (Lipinski definition) is 3. The van der Waals surface area contributed by atoms with Crippen molar-refractivity contribution in [3.63, 3.8) is 0 Å². The van der Waals surface area contributed by atoms with Gasteiger partial charge in [0.15, 0.2) is 0 Å². The fourth-order valence-electron chi connectivity index (χ4n) is 2.29. The van der Waals surface area contributed by atoms with Crippen molar-refractivity contribution in [3.8, 4) is 5.75 Å². The molecule has 0 saturated heterocycles. The van der Waals surface area contributed by atoms with Gasteiger partial charge in [0.25, 0.3) is 0 Å². The van der Waals surface area contributed by atoms with Crippen LogP contribution in [0, 0.1) is 0 Å². The summed E-state index contributed by atoms with van der Waals surface area (Å²) in [6.45, 7) is 1.69. The molecule has 0 radical (unpaired) electrons. The van der Waals surface area contributed by atoms with Crippen LogP contribution in [0.2, 0.25) is 0 Å². The number of hydrogen-bond donors (Lipinski definition) is 1. The lowest BCUT2D eigenvalue weighted by Crippen LogP contribution is -2.24. The molecule has 1 saturated carbocycles. The molecule has 1 aliphatic rings. The largest absolute Gasteiger partial charge is 0.573 e. The molecule has 1 aromatic carbocycles. The fourth-order valence-corrected chi connectivity index (χ4v) is 2.29. The van der Waals surface area contributed by atoms with E-state index >= 15 is 0 Å². The van der Waals surface area contributed by atoms with Gasteiger partial charge in [0.05, 0.1) is 11.5 Å². The molecule has 0 aliphatic heterocycles. The van der Waals surface area contributed by atoms with E-state index in [2.05, 4.69) is 4.74 Å². The molecule has 0 amide bonds. The summed E-state index contributed by atoms with van der Waals surface area (Å²) in [7, 11) is 0. The van der Waals surface area contributed by atoms with E-state index in [1.54, 1.807) is 6.92 Å². The van der Waals surface area contributed by atoms with Gasteiger partial charge in [0.2, 0.25) is 0 Å². The Morgan fingerprint density at radius 1 is 1.42 bits per heavy atom. The second-order valence-electron chi connectivity index (χ2n) is 4.54. The molecule has 104 valence electrons. The van der Waals surface area contributed by atoms with Crippen LogP contribution in [0.15, 0.2) is 24.3 Å². The average Bonchev–Trinajstić information content (AvgIpc) is 3.00. The van der Waals surface area contributed by atoms with E-state index < -0.39 is 17.9 Å². The van der Waals surface area contributed by atoms with E-state index in [1.165, 1.54) is 12.1 Å². The SMILES string of the molecule is CCC(=O)C1(c2ccc(OC(F)(F)F)cc2)CC1O. The minimum absolute atomic E-state index is 0.107. The standard InChI is InChI=1S/C13H13F3O3/c1-2-10(17)12(7-11(12)18)8-3-5-9(6-4-8)19-13(14,15)16/h3-6,11,18H,2,7H2,1H3. The van der Waals surface area contributed by atoms with Crippen LogP contribution >= 0.6 is 0 Å². The van der Waals surface area contributed by atoms with Gasteiger partial charge in [-0.2, -0.15) is 0 Å². The maximum atomic E-state index is 12.0. The molecule has 0 bridgehead atoms. The summed E-state index contributed by atoms with van der Waals surface area (Å²) in [5.41, 5.74) is -0.410. The quantitative estimate of drug-likeness (QED) is 0.917. The number of halogens is 3. The molecule has 1 aromatic rings. The Bertz CT molecular complexity index is 481. The molecule has 19 heavy (non-hydrogen) atoms. The van der Waals surface area contributed by atoms with Crippen molar-refractivity contribution >= 4 is 5.78 Å². The molecule has 0 aromatic heterocycles. The number of Topliss-reactive ketones (excluding diaryl/α,β-unsaturated/α-hetero) is 1. The Balaban J connectivity index is 2.21. The van der Waals surface area contributed by atoms with E-state index in [9.17, 15) is 23.1 Å². The van der Waals surface area contributed by atoms with Gasteiger partial charge in [-0.15, -0.1) is 13.2 Å². The van der Waals surface area contributed by atoms with Crippen LogP contribution in [-0.2, 0) is 10.2 Å². The number of carbonyl (C=O) groups is 1. The third-order valence-corrected chi connectivity index (χ3v) is 3.35. The second-order valence-corrected chi connectivity index (χ2v) is 4.54. The molecular weight excluding hydrogens is 261 g/mol. The number of benzene rings is 1. The third kappa shape index (κ3) is 2.58. The summed E-state index contributed by atoms with van der Waals surface area (Å²) >= 11 is 0. The molecule has 1 fully saturated rings. The summed E-state index contributed by atoms with van der Waals surface area (Å²) in [6, 6.07) is 5.09. The Morgan fingerprint density at radius 2 is 1.95 bits per heavy atom. The molecule has 2 rings (SSSR count). The van der Waals surface area contributed by atoms with Crippen LogP contribution in [0.1, 0.15) is 25.3 Å². The Kier molecular flexibility index (Phi) is 3.30. The zero-order valence-corrected chi connectivity index (χ0v) is 10.2. The fraction of sp³-hybridized carbons (Fsp3) is 0.462. The number of alkyl halides is 3. The number of carbonyl (C=O) groups excluding carboxylic acids is 1. The van der Waals surface area contributed by atoms with Crippen LogP contribution in [-0.4, -0.2) is 23.4 Å². The van der Waals surface area contributed by atoms with E-state index in [0.717, 1.165) is 12.1 Å². The maximum absolute atomic E-state index is 12.0. The van der Waals surface area contributed by atoms with E-state index in [4.69, 9.17) is 0 Å². The van der Waals surface area contributed by atoms with E-state index in [0.29, 0.717) is 12.0 Å². The topological polar surface area (TPSA) is 46.5 Å².